The Bertz CT molecular complexity index is 425. The number of hydrogen-bond acceptors (Lipinski definition) is 4. The van der Waals surface area contributed by atoms with Crippen LogP contribution in [0.25, 0.3) is 0 Å². The van der Waals surface area contributed by atoms with Crippen molar-refractivity contribution >= 4 is 34.5 Å². The smallest absolute Gasteiger partial charge is 0.341 e. The minimum absolute atomic E-state index is 0.122. The van der Waals surface area contributed by atoms with Crippen LogP contribution < -0.4 is 9.46 Å². The quantitative estimate of drug-likeness (QED) is 0.773. The molecule has 0 fully saturated rings. The van der Waals surface area contributed by atoms with E-state index in [1.54, 1.807) is 0 Å². The minimum Gasteiger partial charge on any atom is -0.755 e. The maximum absolute atomic E-state index is 10.3. The summed E-state index contributed by atoms with van der Waals surface area (Å²) in [5.41, 5.74) is 0.265. The molecule has 0 spiro atoms. The van der Waals surface area contributed by atoms with Crippen molar-refractivity contribution in [2.24, 2.45) is 0 Å². The van der Waals surface area contributed by atoms with Crippen LogP contribution in [0.3, 0.4) is 0 Å². The number of carboxylic acids is 1. The summed E-state index contributed by atoms with van der Waals surface area (Å²) in [5.74, 6) is -0.953. The molecule has 16 heavy (non-hydrogen) atoms. The number of carboxylic acid groups (broad SMARTS) is 1. The minimum atomic E-state index is -2.44. The highest BCUT2D eigenvalue weighted by Crippen LogP contribution is 2.27. The molecule has 0 aromatic heterocycles. The Morgan fingerprint density at radius 2 is 2.31 bits per heavy atom. The van der Waals surface area contributed by atoms with Gasteiger partial charge in [-0.15, -0.1) is 0 Å². The monoisotopic (exact) mass is 264 g/mol. The Morgan fingerprint density at radius 3 is 2.81 bits per heavy atom. The lowest BCUT2D eigenvalue weighted by atomic mass is 10.3. The lowest BCUT2D eigenvalue weighted by Crippen LogP contribution is -2.09. The fourth-order valence-corrected chi connectivity index (χ4v) is 1.47. The van der Waals surface area contributed by atoms with E-state index in [2.05, 4.69) is 4.72 Å². The van der Waals surface area contributed by atoms with Crippen molar-refractivity contribution in [2.75, 3.05) is 11.3 Å². The van der Waals surface area contributed by atoms with Gasteiger partial charge >= 0.3 is 5.97 Å². The third kappa shape index (κ3) is 4.05. The van der Waals surface area contributed by atoms with Crippen molar-refractivity contribution < 1.29 is 23.4 Å². The maximum Gasteiger partial charge on any atom is 0.341 e. The van der Waals surface area contributed by atoms with Gasteiger partial charge in [0.25, 0.3) is 0 Å². The second-order valence-electron chi connectivity index (χ2n) is 2.66. The van der Waals surface area contributed by atoms with E-state index < -0.39 is 23.8 Å². The van der Waals surface area contributed by atoms with Gasteiger partial charge in [0.05, 0.1) is 5.02 Å². The van der Waals surface area contributed by atoms with Crippen molar-refractivity contribution in [3.8, 4) is 5.75 Å². The molecule has 0 aliphatic heterocycles. The molecule has 0 heterocycles. The lowest BCUT2D eigenvalue weighted by molar-refractivity contribution is -0.139. The number of aliphatic carboxylic acids is 1. The molecule has 0 radical (unpaired) electrons. The van der Waals surface area contributed by atoms with E-state index in [1.807, 2.05) is 0 Å². The first-order valence-corrected chi connectivity index (χ1v) is 5.44. The van der Waals surface area contributed by atoms with Crippen LogP contribution in [0, 0.1) is 0 Å². The van der Waals surface area contributed by atoms with E-state index in [4.69, 9.17) is 21.4 Å². The third-order valence-electron chi connectivity index (χ3n) is 1.48. The van der Waals surface area contributed by atoms with Gasteiger partial charge in [-0.25, -0.2) is 4.79 Å². The lowest BCUT2D eigenvalue weighted by Gasteiger charge is -2.10. The zero-order chi connectivity index (χ0) is 12.1. The number of carbonyl (C=O) groups is 1. The molecular weight excluding hydrogens is 258 g/mol. The van der Waals surface area contributed by atoms with Gasteiger partial charge in [0, 0.05) is 17.0 Å². The predicted octanol–water partition coefficient (Wildman–Crippen LogP) is 1.01. The molecule has 0 aliphatic carbocycles. The van der Waals surface area contributed by atoms with Gasteiger partial charge in [0.2, 0.25) is 0 Å². The van der Waals surface area contributed by atoms with E-state index in [1.165, 1.54) is 18.2 Å². The summed E-state index contributed by atoms with van der Waals surface area (Å²) in [6.07, 6.45) is 0. The third-order valence-corrected chi connectivity index (χ3v) is 2.18. The topological polar surface area (TPSA) is 98.7 Å². The second kappa shape index (κ2) is 5.69. The second-order valence-corrected chi connectivity index (χ2v) is 3.75. The Balaban J connectivity index is 2.75. The summed E-state index contributed by atoms with van der Waals surface area (Å²) in [5, 5.41) is 8.50. The fourth-order valence-electron chi connectivity index (χ4n) is 0.917. The van der Waals surface area contributed by atoms with Crippen LogP contribution in [-0.4, -0.2) is 26.4 Å². The SMILES string of the molecule is O=C(O)COc1ccc(NS(=O)[O-])cc1Cl. The normalized spacial score (nSPS) is 11.9. The molecule has 2 N–H and O–H groups in total. The summed E-state index contributed by atoms with van der Waals surface area (Å²) in [4.78, 5) is 10.2. The summed E-state index contributed by atoms with van der Waals surface area (Å²) in [7, 11) is 0. The Hall–Kier alpha value is -1.31. The highest BCUT2D eigenvalue weighted by atomic mass is 35.5. The fraction of sp³-hybridized carbons (Fsp3) is 0.125. The molecule has 0 aliphatic rings. The summed E-state index contributed by atoms with van der Waals surface area (Å²) >= 11 is 3.30. The maximum atomic E-state index is 10.3. The van der Waals surface area contributed by atoms with Crippen LogP contribution in [0.1, 0.15) is 0 Å². The number of ether oxygens (including phenoxy) is 1. The molecular formula is C8H7ClNO5S-. The number of nitrogens with one attached hydrogen (secondary N) is 1. The first-order chi connectivity index (χ1) is 7.49. The molecule has 1 aromatic carbocycles. The molecule has 1 aromatic rings. The largest absolute Gasteiger partial charge is 0.755 e. The van der Waals surface area contributed by atoms with Gasteiger partial charge in [-0.05, 0) is 18.2 Å². The van der Waals surface area contributed by atoms with Crippen LogP contribution in [0.15, 0.2) is 18.2 Å². The van der Waals surface area contributed by atoms with E-state index in [-0.39, 0.29) is 16.5 Å². The number of anilines is 1. The number of halogens is 1. The average Bonchev–Trinajstić information content (AvgIpc) is 2.15. The van der Waals surface area contributed by atoms with E-state index >= 15 is 0 Å². The standard InChI is InChI=1S/C8H8ClNO5S/c9-6-3-5(10-16(13)14)1-2-7(6)15-4-8(11)12/h1-3,10H,4H2,(H,11,12)(H,13,14)/p-1. The Kier molecular flexibility index (Phi) is 4.53. The van der Waals surface area contributed by atoms with E-state index in [0.717, 1.165) is 0 Å². The number of hydrogen-bond donors (Lipinski definition) is 2. The summed E-state index contributed by atoms with van der Waals surface area (Å²) in [6.45, 7) is -0.514. The van der Waals surface area contributed by atoms with Gasteiger partial charge in [-0.3, -0.25) is 4.21 Å². The average molecular weight is 265 g/mol. The first kappa shape index (κ1) is 12.8. The van der Waals surface area contributed by atoms with Gasteiger partial charge in [-0.1, -0.05) is 11.6 Å². The molecule has 6 nitrogen and oxygen atoms in total. The molecule has 1 atom stereocenters. The van der Waals surface area contributed by atoms with E-state index in [9.17, 15) is 13.6 Å². The first-order valence-electron chi connectivity index (χ1n) is 3.99. The molecule has 0 bridgehead atoms. The summed E-state index contributed by atoms with van der Waals surface area (Å²) < 4.78 is 27.6. The molecule has 1 unspecified atom stereocenters. The molecule has 1 rings (SSSR count). The zero-order valence-corrected chi connectivity index (χ0v) is 9.38. The van der Waals surface area contributed by atoms with Gasteiger partial charge < -0.3 is 19.1 Å². The molecule has 8 heteroatoms. The summed E-state index contributed by atoms with van der Waals surface area (Å²) in [6, 6.07) is 4.09. The Morgan fingerprint density at radius 1 is 1.62 bits per heavy atom. The zero-order valence-electron chi connectivity index (χ0n) is 7.81. The molecule has 0 saturated carbocycles. The number of benzene rings is 1. The molecule has 0 amide bonds. The molecule has 88 valence electrons. The van der Waals surface area contributed by atoms with Crippen LogP contribution in [-0.2, 0) is 16.1 Å². The van der Waals surface area contributed by atoms with Crippen molar-refractivity contribution in [3.05, 3.63) is 23.2 Å². The van der Waals surface area contributed by atoms with Crippen LogP contribution >= 0.6 is 11.6 Å². The van der Waals surface area contributed by atoms with Crippen LogP contribution in [0.4, 0.5) is 5.69 Å². The predicted molar refractivity (Wildman–Crippen MR) is 57.1 cm³/mol. The van der Waals surface area contributed by atoms with Crippen LogP contribution in [0.2, 0.25) is 5.02 Å². The number of rotatable bonds is 5. The van der Waals surface area contributed by atoms with Crippen molar-refractivity contribution in [2.45, 2.75) is 0 Å². The van der Waals surface area contributed by atoms with Crippen molar-refractivity contribution in [3.63, 3.8) is 0 Å². The molecule has 0 saturated heterocycles. The highest BCUT2D eigenvalue weighted by molar-refractivity contribution is 7.80. The highest BCUT2D eigenvalue weighted by Gasteiger charge is 2.05. The van der Waals surface area contributed by atoms with E-state index in [0.29, 0.717) is 0 Å². The van der Waals surface area contributed by atoms with Gasteiger partial charge in [0.1, 0.15) is 5.75 Å². The van der Waals surface area contributed by atoms with Gasteiger partial charge in [-0.2, -0.15) is 0 Å². The van der Waals surface area contributed by atoms with Crippen molar-refractivity contribution in [1.29, 1.82) is 0 Å². The van der Waals surface area contributed by atoms with Crippen LogP contribution in [0.5, 0.6) is 5.75 Å². The Labute approximate surface area is 98.6 Å². The van der Waals surface area contributed by atoms with Gasteiger partial charge in [0.15, 0.2) is 6.61 Å². The van der Waals surface area contributed by atoms with Crippen molar-refractivity contribution in [1.82, 2.24) is 0 Å².